The Balaban J connectivity index is 1.69. The number of anilines is 1. The van der Waals surface area contributed by atoms with Crippen LogP contribution in [0.5, 0.6) is 0 Å². The van der Waals surface area contributed by atoms with Gasteiger partial charge < -0.3 is 10.2 Å². The van der Waals surface area contributed by atoms with Gasteiger partial charge in [-0.25, -0.2) is 4.39 Å². The number of rotatable bonds is 8. The molecule has 146 valence electrons. The van der Waals surface area contributed by atoms with E-state index in [9.17, 15) is 18.8 Å². The number of benzene rings is 1. The number of piperidine rings is 1. The van der Waals surface area contributed by atoms with Crippen LogP contribution >= 0.6 is 0 Å². The lowest BCUT2D eigenvalue weighted by atomic mass is 10.0. The number of unbranched alkanes of at least 4 members (excludes halogenated alkanes) is 2. The summed E-state index contributed by atoms with van der Waals surface area (Å²) in [6, 6.07) is 1.88. The molecule has 27 heavy (non-hydrogen) atoms. The van der Waals surface area contributed by atoms with Gasteiger partial charge in [0.15, 0.2) is 0 Å². The molecule has 3 rings (SSSR count). The molecule has 2 heterocycles. The number of hydrazine groups is 1. The van der Waals surface area contributed by atoms with Crippen LogP contribution < -0.4 is 21.9 Å². The number of hydrogen-bond donors (Lipinski definition) is 4. The van der Waals surface area contributed by atoms with Crippen LogP contribution in [-0.4, -0.2) is 41.8 Å². The van der Waals surface area contributed by atoms with E-state index in [0.29, 0.717) is 17.8 Å². The molecule has 8 nitrogen and oxygen atoms in total. The van der Waals surface area contributed by atoms with Gasteiger partial charge in [-0.2, -0.15) is 0 Å². The van der Waals surface area contributed by atoms with Gasteiger partial charge in [0.25, 0.3) is 5.91 Å². The summed E-state index contributed by atoms with van der Waals surface area (Å²) in [7, 11) is 0. The number of carbonyl (C=O) groups excluding carboxylic acids is 3. The van der Waals surface area contributed by atoms with Crippen molar-refractivity contribution in [2.24, 2.45) is 5.84 Å². The molecule has 0 bridgehead atoms. The summed E-state index contributed by atoms with van der Waals surface area (Å²) in [6.45, 7) is 1.61. The number of nitrogens with one attached hydrogen (secondary N) is 3. The number of halogens is 1. The first kappa shape index (κ1) is 19.2. The second-order valence-electron chi connectivity index (χ2n) is 6.82. The van der Waals surface area contributed by atoms with Crippen LogP contribution in [0.3, 0.4) is 0 Å². The van der Waals surface area contributed by atoms with Crippen molar-refractivity contribution < 1.29 is 18.8 Å². The molecule has 0 aromatic heterocycles. The van der Waals surface area contributed by atoms with Crippen molar-refractivity contribution in [1.82, 2.24) is 15.6 Å². The number of carbonyl (C=O) groups is 3. The lowest BCUT2D eigenvalue weighted by molar-refractivity contribution is -0.136. The highest BCUT2D eigenvalue weighted by molar-refractivity contribution is 6.06. The Morgan fingerprint density at radius 3 is 2.70 bits per heavy atom. The summed E-state index contributed by atoms with van der Waals surface area (Å²) < 4.78 is 14.0. The summed E-state index contributed by atoms with van der Waals surface area (Å²) in [5, 5.41) is 5.46. The van der Waals surface area contributed by atoms with Gasteiger partial charge in [0, 0.05) is 42.9 Å². The van der Waals surface area contributed by atoms with E-state index in [1.807, 2.05) is 0 Å². The van der Waals surface area contributed by atoms with Gasteiger partial charge >= 0.3 is 0 Å². The second-order valence-corrected chi connectivity index (χ2v) is 6.82. The molecule has 1 saturated heterocycles. The van der Waals surface area contributed by atoms with Crippen molar-refractivity contribution in [1.29, 1.82) is 0 Å². The number of imide groups is 1. The highest BCUT2D eigenvalue weighted by Gasteiger charge is 2.40. The van der Waals surface area contributed by atoms with Crippen molar-refractivity contribution in [3.05, 3.63) is 29.1 Å². The molecule has 1 aromatic rings. The molecule has 0 saturated carbocycles. The lowest BCUT2D eigenvalue weighted by Crippen LogP contribution is -2.52. The highest BCUT2D eigenvalue weighted by atomic mass is 19.1. The number of nitrogens with zero attached hydrogens (tertiary/aromatic N) is 1. The van der Waals surface area contributed by atoms with Crippen molar-refractivity contribution in [2.45, 2.75) is 44.7 Å². The Bertz CT molecular complexity index is 755. The molecular weight excluding hydrogens is 353 g/mol. The van der Waals surface area contributed by atoms with E-state index < -0.39 is 17.8 Å². The fourth-order valence-electron chi connectivity index (χ4n) is 3.54. The fourth-order valence-corrected chi connectivity index (χ4v) is 3.54. The third-order valence-electron chi connectivity index (χ3n) is 4.93. The van der Waals surface area contributed by atoms with Gasteiger partial charge in [-0.15, -0.1) is 0 Å². The maximum atomic E-state index is 14.0. The molecule has 1 fully saturated rings. The van der Waals surface area contributed by atoms with Crippen molar-refractivity contribution in [2.75, 3.05) is 18.4 Å². The molecule has 1 unspecified atom stereocenters. The molecule has 0 spiro atoms. The Labute approximate surface area is 156 Å². The summed E-state index contributed by atoms with van der Waals surface area (Å²) in [5.74, 6) is 3.54. The van der Waals surface area contributed by atoms with Crippen molar-refractivity contribution >= 4 is 23.4 Å². The van der Waals surface area contributed by atoms with E-state index in [0.717, 1.165) is 25.8 Å². The van der Waals surface area contributed by atoms with Crippen LogP contribution in [0.15, 0.2) is 12.1 Å². The van der Waals surface area contributed by atoms with E-state index in [1.54, 1.807) is 0 Å². The van der Waals surface area contributed by atoms with E-state index in [1.165, 1.54) is 17.0 Å². The minimum atomic E-state index is -0.706. The average Bonchev–Trinajstić information content (AvgIpc) is 2.95. The third kappa shape index (κ3) is 4.25. The average molecular weight is 377 g/mol. The molecule has 2 aliphatic rings. The Morgan fingerprint density at radius 2 is 1.96 bits per heavy atom. The molecular formula is C18H24FN5O3. The van der Waals surface area contributed by atoms with Crippen molar-refractivity contribution in [3.8, 4) is 0 Å². The second kappa shape index (κ2) is 8.45. The number of amides is 3. The monoisotopic (exact) mass is 377 g/mol. The zero-order valence-corrected chi connectivity index (χ0v) is 15.0. The van der Waals surface area contributed by atoms with Gasteiger partial charge in [-0.05, 0) is 31.4 Å². The minimum absolute atomic E-state index is 0.188. The molecule has 1 aromatic carbocycles. The molecule has 3 amide bonds. The topological polar surface area (TPSA) is 117 Å². The SMILES string of the molecule is NNCCCCCNc1cc(F)cc2c1CN(C1CCC(=O)NC1=O)C2=O. The number of hydrogen-bond acceptors (Lipinski definition) is 6. The quantitative estimate of drug-likeness (QED) is 0.229. The summed E-state index contributed by atoms with van der Waals surface area (Å²) >= 11 is 0. The Hall–Kier alpha value is -2.52. The normalized spacial score (nSPS) is 19.3. The molecule has 0 radical (unpaired) electrons. The van der Waals surface area contributed by atoms with Gasteiger partial charge in [0.05, 0.1) is 0 Å². The predicted molar refractivity (Wildman–Crippen MR) is 97.0 cm³/mol. The van der Waals surface area contributed by atoms with Gasteiger partial charge in [-0.3, -0.25) is 31.0 Å². The number of fused-ring (bicyclic) bond motifs is 1. The largest absolute Gasteiger partial charge is 0.385 e. The van der Waals surface area contributed by atoms with Crippen molar-refractivity contribution in [3.63, 3.8) is 0 Å². The summed E-state index contributed by atoms with van der Waals surface area (Å²) in [6.07, 6.45) is 3.27. The van der Waals surface area contributed by atoms with Gasteiger partial charge in [0.1, 0.15) is 11.9 Å². The first-order valence-corrected chi connectivity index (χ1v) is 9.15. The van der Waals surface area contributed by atoms with E-state index in [2.05, 4.69) is 16.1 Å². The summed E-state index contributed by atoms with van der Waals surface area (Å²) in [4.78, 5) is 37.6. The fraction of sp³-hybridized carbons (Fsp3) is 0.500. The standard InChI is InChI=1S/C18H24FN5O3/c19-11-8-12-13(14(9-11)21-6-2-1-3-7-22-20)10-24(18(12)27)15-4-5-16(25)23-17(15)26/h8-9,15,21-22H,1-7,10,20H2,(H,23,25,26). The molecule has 0 aliphatic carbocycles. The van der Waals surface area contributed by atoms with E-state index in [-0.39, 0.29) is 36.8 Å². The smallest absolute Gasteiger partial charge is 0.255 e. The molecule has 9 heteroatoms. The highest BCUT2D eigenvalue weighted by Crippen LogP contribution is 2.33. The van der Waals surface area contributed by atoms with E-state index >= 15 is 0 Å². The number of nitrogens with two attached hydrogens (primary N) is 1. The zero-order valence-electron chi connectivity index (χ0n) is 15.0. The molecule has 2 aliphatic heterocycles. The first-order valence-electron chi connectivity index (χ1n) is 9.15. The van der Waals surface area contributed by atoms with Crippen LogP contribution in [0.4, 0.5) is 10.1 Å². The Morgan fingerprint density at radius 1 is 1.19 bits per heavy atom. The van der Waals surface area contributed by atoms with Gasteiger partial charge in [0.2, 0.25) is 11.8 Å². The van der Waals surface area contributed by atoms with Crippen LogP contribution in [0, 0.1) is 5.82 Å². The Kier molecular flexibility index (Phi) is 6.02. The van der Waals surface area contributed by atoms with Crippen LogP contribution in [0.25, 0.3) is 0 Å². The zero-order chi connectivity index (χ0) is 19.4. The predicted octanol–water partition coefficient (Wildman–Crippen LogP) is 0.632. The molecule has 1 atom stereocenters. The first-order chi connectivity index (χ1) is 13.0. The molecule has 5 N–H and O–H groups in total. The van der Waals surface area contributed by atoms with E-state index in [4.69, 9.17) is 5.84 Å². The lowest BCUT2D eigenvalue weighted by Gasteiger charge is -2.29. The van der Waals surface area contributed by atoms with Gasteiger partial charge in [-0.1, -0.05) is 6.42 Å². The maximum absolute atomic E-state index is 14.0. The van der Waals surface area contributed by atoms with Crippen LogP contribution in [-0.2, 0) is 16.1 Å². The van der Waals surface area contributed by atoms with Crippen LogP contribution in [0.2, 0.25) is 0 Å². The maximum Gasteiger partial charge on any atom is 0.255 e. The van der Waals surface area contributed by atoms with Crippen LogP contribution in [0.1, 0.15) is 48.0 Å². The summed E-state index contributed by atoms with van der Waals surface area (Å²) in [5.41, 5.74) is 4.13. The third-order valence-corrected chi connectivity index (χ3v) is 4.93. The minimum Gasteiger partial charge on any atom is -0.385 e.